The lowest BCUT2D eigenvalue weighted by Crippen LogP contribution is -2.49. The molecule has 0 fully saturated rings. The minimum Gasteiger partial charge on any atom is -0.378 e. The molecule has 2 amide bonds. The minimum absolute atomic E-state index is 0.0673. The summed E-state index contributed by atoms with van der Waals surface area (Å²) >= 11 is 0.936. The van der Waals surface area contributed by atoms with Crippen LogP contribution < -0.4 is 10.6 Å². The highest BCUT2D eigenvalue weighted by atomic mass is 32.2. The number of nitrogens with two attached hydrogens (primary N) is 1. The molecule has 2 heterocycles. The molecular weight excluding hydrogens is 386 g/mol. The fraction of sp³-hybridized carbons (Fsp3) is 0.318. The maximum atomic E-state index is 13.5. The molecule has 0 spiro atoms. The van der Waals surface area contributed by atoms with Gasteiger partial charge in [0.25, 0.3) is 11.8 Å². The summed E-state index contributed by atoms with van der Waals surface area (Å²) in [6.45, 7) is 6.56. The van der Waals surface area contributed by atoms with Gasteiger partial charge in [0, 0.05) is 5.56 Å². The number of amides is 2. The summed E-state index contributed by atoms with van der Waals surface area (Å²) in [5.41, 5.74) is 7.97. The van der Waals surface area contributed by atoms with Gasteiger partial charge in [-0.2, -0.15) is 4.99 Å². The van der Waals surface area contributed by atoms with E-state index in [1.165, 1.54) is 5.56 Å². The van der Waals surface area contributed by atoms with Gasteiger partial charge in [0.15, 0.2) is 10.8 Å². The molecule has 0 radical (unpaired) electrons. The number of nitrogens with zero attached hydrogens (tertiary/aromatic N) is 2. The van der Waals surface area contributed by atoms with E-state index >= 15 is 0 Å². The molecule has 0 aliphatic carbocycles. The second kappa shape index (κ2) is 7.00. The molecule has 0 unspecified atom stereocenters. The van der Waals surface area contributed by atoms with E-state index in [-0.39, 0.29) is 5.17 Å². The Morgan fingerprint density at radius 3 is 2.62 bits per heavy atom. The van der Waals surface area contributed by atoms with Gasteiger partial charge in [-0.25, -0.2) is 0 Å². The fourth-order valence-corrected chi connectivity index (χ4v) is 4.83. The van der Waals surface area contributed by atoms with Crippen LogP contribution in [0.5, 0.6) is 0 Å². The molecule has 2 atom stereocenters. The van der Waals surface area contributed by atoms with E-state index in [0.717, 1.165) is 22.9 Å². The fourth-order valence-electron chi connectivity index (χ4n) is 3.89. The predicted molar refractivity (Wildman–Crippen MR) is 115 cm³/mol. The molecule has 0 saturated carbocycles. The van der Waals surface area contributed by atoms with Crippen molar-refractivity contribution in [1.82, 2.24) is 0 Å². The molecule has 4 rings (SSSR count). The van der Waals surface area contributed by atoms with Crippen molar-refractivity contribution in [3.8, 4) is 0 Å². The zero-order valence-electron chi connectivity index (χ0n) is 16.5. The van der Waals surface area contributed by atoms with E-state index in [9.17, 15) is 14.7 Å². The average molecular weight is 410 g/mol. The molecule has 29 heavy (non-hydrogen) atoms. The number of carbonyl (C=O) groups is 2. The molecule has 2 aliphatic rings. The lowest BCUT2D eigenvalue weighted by Gasteiger charge is -2.27. The van der Waals surface area contributed by atoms with Crippen LogP contribution in [-0.2, 0) is 21.7 Å². The summed E-state index contributed by atoms with van der Waals surface area (Å²) in [4.78, 5) is 31.1. The number of para-hydroxylation sites is 1. The molecule has 0 aromatic heterocycles. The van der Waals surface area contributed by atoms with Crippen molar-refractivity contribution in [1.29, 1.82) is 0 Å². The molecule has 6 nitrogen and oxygen atoms in total. The number of rotatable bonds is 4. The second-order valence-corrected chi connectivity index (χ2v) is 8.93. The number of hydrogen-bond acceptors (Lipinski definition) is 5. The molecule has 0 saturated heterocycles. The van der Waals surface area contributed by atoms with Crippen LogP contribution in [0.1, 0.15) is 42.0 Å². The topological polar surface area (TPSA) is 96.0 Å². The molecule has 150 valence electrons. The molecular formula is C22H23N3O3S. The third kappa shape index (κ3) is 3.05. The Balaban J connectivity index is 1.76. The number of carbonyl (C=O) groups excluding carboxylic acids is 2. The zero-order chi connectivity index (χ0) is 20.9. The van der Waals surface area contributed by atoms with Crippen LogP contribution in [0.3, 0.4) is 0 Å². The van der Waals surface area contributed by atoms with Gasteiger partial charge < -0.3 is 15.7 Å². The summed E-state index contributed by atoms with van der Waals surface area (Å²) in [6, 6.07) is 13.3. The monoisotopic (exact) mass is 409 g/mol. The summed E-state index contributed by atoms with van der Waals surface area (Å²) in [5.74, 6) is -0.748. The van der Waals surface area contributed by atoms with Crippen molar-refractivity contribution in [3.63, 3.8) is 0 Å². The maximum absolute atomic E-state index is 13.5. The summed E-state index contributed by atoms with van der Waals surface area (Å²) < 4.78 is 0. The normalized spacial score (nSPS) is 23.7. The lowest BCUT2D eigenvalue weighted by atomic mass is 9.91. The Labute approximate surface area is 173 Å². The SMILES string of the molecule is Cc1ccc(C(C)C)cc1CN1C(=O)[C@@](O)([C@H]2SC(N)=NC2=O)c2ccccc21. The Hall–Kier alpha value is -2.64. The minimum atomic E-state index is -1.99. The quantitative estimate of drug-likeness (QED) is 0.810. The maximum Gasteiger partial charge on any atom is 0.265 e. The van der Waals surface area contributed by atoms with Crippen LogP contribution in [0.25, 0.3) is 0 Å². The van der Waals surface area contributed by atoms with Gasteiger partial charge in [-0.15, -0.1) is 0 Å². The first-order valence-electron chi connectivity index (χ1n) is 9.51. The standard InChI is InChI=1S/C22H23N3O3S/c1-12(2)14-9-8-13(3)15(10-14)11-25-17-7-5-4-6-16(17)22(28,20(25)27)18-19(26)24-21(23)29-18/h4-10,12,18,28H,11H2,1-3H3,(H2,23,24,26)/t18-,22-/m0/s1. The van der Waals surface area contributed by atoms with E-state index in [1.807, 2.05) is 19.1 Å². The van der Waals surface area contributed by atoms with Crippen molar-refractivity contribution in [2.45, 2.75) is 44.1 Å². The van der Waals surface area contributed by atoms with Crippen LogP contribution in [0.2, 0.25) is 0 Å². The van der Waals surface area contributed by atoms with Gasteiger partial charge in [0.05, 0.1) is 12.2 Å². The highest BCUT2D eigenvalue weighted by Crippen LogP contribution is 2.48. The second-order valence-electron chi connectivity index (χ2n) is 7.80. The van der Waals surface area contributed by atoms with Gasteiger partial charge in [-0.05, 0) is 35.6 Å². The van der Waals surface area contributed by atoms with Gasteiger partial charge >= 0.3 is 0 Å². The van der Waals surface area contributed by atoms with Crippen LogP contribution >= 0.6 is 11.8 Å². The van der Waals surface area contributed by atoms with Crippen molar-refractivity contribution in [3.05, 3.63) is 64.7 Å². The van der Waals surface area contributed by atoms with E-state index in [2.05, 4.69) is 31.0 Å². The third-order valence-electron chi connectivity index (χ3n) is 5.61. The number of aryl methyl sites for hydroxylation is 1. The van der Waals surface area contributed by atoms with Crippen LogP contribution in [0.15, 0.2) is 47.5 Å². The van der Waals surface area contributed by atoms with Gasteiger partial charge in [-0.3, -0.25) is 9.59 Å². The number of aliphatic hydroxyl groups is 1. The third-order valence-corrected chi connectivity index (χ3v) is 6.72. The first-order chi connectivity index (χ1) is 13.7. The molecule has 2 aromatic carbocycles. The number of thioether (sulfide) groups is 1. The molecule has 7 heteroatoms. The van der Waals surface area contributed by atoms with Crippen molar-refractivity contribution in [2.24, 2.45) is 10.7 Å². The summed E-state index contributed by atoms with van der Waals surface area (Å²) in [7, 11) is 0. The van der Waals surface area contributed by atoms with Gasteiger partial charge in [0.1, 0.15) is 5.25 Å². The number of benzene rings is 2. The van der Waals surface area contributed by atoms with Crippen LogP contribution in [0.4, 0.5) is 5.69 Å². The predicted octanol–water partition coefficient (Wildman–Crippen LogP) is 2.81. The van der Waals surface area contributed by atoms with Crippen molar-refractivity contribution < 1.29 is 14.7 Å². The number of anilines is 1. The highest BCUT2D eigenvalue weighted by Gasteiger charge is 2.59. The number of fused-ring (bicyclic) bond motifs is 1. The Morgan fingerprint density at radius 2 is 1.97 bits per heavy atom. The molecule has 3 N–H and O–H groups in total. The van der Waals surface area contributed by atoms with Crippen LogP contribution in [0, 0.1) is 6.92 Å². The van der Waals surface area contributed by atoms with E-state index < -0.39 is 22.7 Å². The number of aliphatic imine (C=N–C) groups is 1. The van der Waals surface area contributed by atoms with Gasteiger partial charge in [-0.1, -0.05) is 62.0 Å². The highest BCUT2D eigenvalue weighted by molar-refractivity contribution is 8.15. The molecule has 2 aliphatic heterocycles. The van der Waals surface area contributed by atoms with E-state index in [4.69, 9.17) is 5.73 Å². The van der Waals surface area contributed by atoms with Crippen molar-refractivity contribution >= 4 is 34.4 Å². The zero-order valence-corrected chi connectivity index (χ0v) is 17.4. The Kier molecular flexibility index (Phi) is 4.75. The Bertz CT molecular complexity index is 1050. The molecule has 2 aromatic rings. The summed E-state index contributed by atoms with van der Waals surface area (Å²) in [6.07, 6.45) is 0. The number of hydrogen-bond donors (Lipinski definition) is 2. The van der Waals surface area contributed by atoms with Crippen LogP contribution in [-0.4, -0.2) is 27.3 Å². The van der Waals surface area contributed by atoms with Gasteiger partial charge in [0.2, 0.25) is 0 Å². The van der Waals surface area contributed by atoms with E-state index in [1.54, 1.807) is 23.1 Å². The molecule has 0 bridgehead atoms. The summed E-state index contributed by atoms with van der Waals surface area (Å²) in [5, 5.41) is 10.5. The first kappa shape index (κ1) is 19.7. The largest absolute Gasteiger partial charge is 0.378 e. The smallest absolute Gasteiger partial charge is 0.265 e. The number of amidine groups is 1. The lowest BCUT2D eigenvalue weighted by molar-refractivity contribution is -0.140. The van der Waals surface area contributed by atoms with E-state index in [0.29, 0.717) is 23.7 Å². The Morgan fingerprint density at radius 1 is 1.24 bits per heavy atom. The average Bonchev–Trinajstić information content (AvgIpc) is 3.13. The first-order valence-corrected chi connectivity index (χ1v) is 10.4. The van der Waals surface area contributed by atoms with Crippen molar-refractivity contribution in [2.75, 3.05) is 4.90 Å².